The number of hydrogen-bond donors (Lipinski definition) is 1. The summed E-state index contributed by atoms with van der Waals surface area (Å²) >= 11 is 0. The van der Waals surface area contributed by atoms with Crippen molar-refractivity contribution < 1.29 is 0 Å². The minimum Gasteiger partial charge on any atom is -0.329 e. The second kappa shape index (κ2) is 2.76. The van der Waals surface area contributed by atoms with Gasteiger partial charge in [-0.3, -0.25) is 4.90 Å². The third kappa shape index (κ3) is 1.09. The summed E-state index contributed by atoms with van der Waals surface area (Å²) in [6.07, 6.45) is 2.91. The van der Waals surface area contributed by atoms with E-state index in [4.69, 9.17) is 5.73 Å². The van der Waals surface area contributed by atoms with Gasteiger partial charge in [0.25, 0.3) is 0 Å². The van der Waals surface area contributed by atoms with Gasteiger partial charge in [-0.15, -0.1) is 0 Å². The topological polar surface area (TPSA) is 29.3 Å². The van der Waals surface area contributed by atoms with Crippen molar-refractivity contribution in [1.82, 2.24) is 4.90 Å². The normalized spacial score (nSPS) is 43.6. The van der Waals surface area contributed by atoms with Crippen LogP contribution in [-0.4, -0.2) is 30.6 Å². The molecule has 3 aliphatic rings. The SMILES string of the molecule is CCN1CC2CC(C2)C1CN. The van der Waals surface area contributed by atoms with E-state index in [2.05, 4.69) is 11.8 Å². The zero-order valence-electron chi connectivity index (χ0n) is 7.29. The van der Waals surface area contributed by atoms with Gasteiger partial charge in [0.1, 0.15) is 0 Å². The van der Waals surface area contributed by atoms with Crippen molar-refractivity contribution >= 4 is 0 Å². The van der Waals surface area contributed by atoms with Crippen LogP contribution < -0.4 is 5.73 Å². The monoisotopic (exact) mass is 154 g/mol. The van der Waals surface area contributed by atoms with Gasteiger partial charge in [-0.2, -0.15) is 0 Å². The van der Waals surface area contributed by atoms with Crippen LogP contribution in [0.5, 0.6) is 0 Å². The van der Waals surface area contributed by atoms with Gasteiger partial charge in [0.05, 0.1) is 0 Å². The summed E-state index contributed by atoms with van der Waals surface area (Å²) in [5.74, 6) is 1.96. The van der Waals surface area contributed by atoms with Gasteiger partial charge >= 0.3 is 0 Å². The summed E-state index contributed by atoms with van der Waals surface area (Å²) in [7, 11) is 0. The maximum atomic E-state index is 5.74. The Kier molecular flexibility index (Phi) is 1.90. The molecule has 1 atom stereocenters. The molecule has 0 amide bonds. The molecule has 2 aliphatic heterocycles. The van der Waals surface area contributed by atoms with Crippen molar-refractivity contribution in [2.75, 3.05) is 19.6 Å². The highest BCUT2D eigenvalue weighted by molar-refractivity contribution is 4.96. The Bertz CT molecular complexity index is 140. The van der Waals surface area contributed by atoms with Gasteiger partial charge < -0.3 is 5.73 Å². The van der Waals surface area contributed by atoms with Crippen molar-refractivity contribution in [3.05, 3.63) is 0 Å². The molecule has 2 saturated heterocycles. The molecule has 1 unspecified atom stereocenters. The molecule has 0 aromatic rings. The summed E-state index contributed by atoms with van der Waals surface area (Å²) in [4.78, 5) is 2.56. The van der Waals surface area contributed by atoms with Crippen LogP contribution in [-0.2, 0) is 0 Å². The van der Waals surface area contributed by atoms with Crippen LogP contribution in [0.3, 0.4) is 0 Å². The van der Waals surface area contributed by atoms with Crippen molar-refractivity contribution in [1.29, 1.82) is 0 Å². The summed E-state index contributed by atoms with van der Waals surface area (Å²) < 4.78 is 0. The lowest BCUT2D eigenvalue weighted by Gasteiger charge is -2.52. The maximum absolute atomic E-state index is 5.74. The molecule has 11 heavy (non-hydrogen) atoms. The average molecular weight is 154 g/mol. The van der Waals surface area contributed by atoms with Gasteiger partial charge in [-0.1, -0.05) is 6.92 Å². The van der Waals surface area contributed by atoms with Gasteiger partial charge in [-0.25, -0.2) is 0 Å². The molecule has 3 fully saturated rings. The number of fused-ring (bicyclic) bond motifs is 2. The molecule has 2 N–H and O–H groups in total. The second-order valence-electron chi connectivity index (χ2n) is 3.99. The number of nitrogens with two attached hydrogens (primary N) is 1. The predicted molar refractivity (Wildman–Crippen MR) is 46.3 cm³/mol. The van der Waals surface area contributed by atoms with E-state index in [0.717, 1.165) is 18.4 Å². The van der Waals surface area contributed by atoms with Gasteiger partial charge in [-0.05, 0) is 31.2 Å². The Hall–Kier alpha value is -0.0800. The molecule has 2 heterocycles. The lowest BCUT2D eigenvalue weighted by molar-refractivity contribution is -0.0228. The predicted octanol–water partition coefficient (Wildman–Crippen LogP) is 0.675. The fourth-order valence-electron chi connectivity index (χ4n) is 2.72. The van der Waals surface area contributed by atoms with E-state index in [0.29, 0.717) is 6.04 Å². The summed E-state index contributed by atoms with van der Waals surface area (Å²) in [5.41, 5.74) is 5.74. The fraction of sp³-hybridized carbons (Fsp3) is 1.00. The number of likely N-dealkylation sites (N-methyl/N-ethyl adjacent to an activating group) is 1. The smallest absolute Gasteiger partial charge is 0.0246 e. The average Bonchev–Trinajstić information content (AvgIpc) is 2.01. The summed E-state index contributed by atoms with van der Waals surface area (Å²) in [6, 6.07) is 0.713. The van der Waals surface area contributed by atoms with Gasteiger partial charge in [0.2, 0.25) is 0 Å². The third-order valence-electron chi connectivity index (χ3n) is 3.43. The van der Waals surface area contributed by atoms with E-state index in [1.54, 1.807) is 0 Å². The first kappa shape index (κ1) is 7.56. The number of piperidine rings is 2. The van der Waals surface area contributed by atoms with Crippen LogP contribution in [0.25, 0.3) is 0 Å². The van der Waals surface area contributed by atoms with E-state index in [1.807, 2.05) is 0 Å². The Morgan fingerprint density at radius 2 is 2.18 bits per heavy atom. The minimum absolute atomic E-state index is 0.713. The lowest BCUT2D eigenvalue weighted by Crippen LogP contribution is -2.58. The first-order chi connectivity index (χ1) is 5.35. The van der Waals surface area contributed by atoms with Crippen LogP contribution in [0.4, 0.5) is 0 Å². The molecule has 0 radical (unpaired) electrons. The number of nitrogens with zero attached hydrogens (tertiary/aromatic N) is 1. The quantitative estimate of drug-likeness (QED) is 0.633. The van der Waals surface area contributed by atoms with Crippen molar-refractivity contribution in [2.24, 2.45) is 17.6 Å². The molecule has 1 aliphatic carbocycles. The molecule has 0 aromatic carbocycles. The highest BCUT2D eigenvalue weighted by Gasteiger charge is 2.42. The van der Waals surface area contributed by atoms with Crippen LogP contribution in [0, 0.1) is 11.8 Å². The zero-order valence-corrected chi connectivity index (χ0v) is 7.29. The third-order valence-corrected chi connectivity index (χ3v) is 3.43. The molecule has 1 saturated carbocycles. The fourth-order valence-corrected chi connectivity index (χ4v) is 2.72. The van der Waals surface area contributed by atoms with Crippen LogP contribution in [0.1, 0.15) is 19.8 Å². The van der Waals surface area contributed by atoms with Crippen molar-refractivity contribution in [2.45, 2.75) is 25.8 Å². The van der Waals surface area contributed by atoms with E-state index >= 15 is 0 Å². The standard InChI is InChI=1S/C9H18N2/c1-2-11-6-7-3-8(4-7)9(11)5-10/h7-9H,2-6,10H2,1H3. The van der Waals surface area contributed by atoms with E-state index in [1.165, 1.54) is 25.9 Å². The van der Waals surface area contributed by atoms with Crippen LogP contribution in [0.15, 0.2) is 0 Å². The lowest BCUT2D eigenvalue weighted by atomic mass is 9.67. The molecule has 2 bridgehead atoms. The largest absolute Gasteiger partial charge is 0.329 e. The zero-order chi connectivity index (χ0) is 7.84. The molecule has 64 valence electrons. The maximum Gasteiger partial charge on any atom is 0.0246 e. The van der Waals surface area contributed by atoms with Crippen molar-refractivity contribution in [3.8, 4) is 0 Å². The Labute approximate surface area is 68.7 Å². The molecule has 2 nitrogen and oxygen atoms in total. The first-order valence-corrected chi connectivity index (χ1v) is 4.79. The van der Waals surface area contributed by atoms with Crippen molar-refractivity contribution in [3.63, 3.8) is 0 Å². The number of rotatable bonds is 2. The highest BCUT2D eigenvalue weighted by Crippen LogP contribution is 2.42. The number of hydrogen-bond acceptors (Lipinski definition) is 2. The highest BCUT2D eigenvalue weighted by atomic mass is 15.2. The van der Waals surface area contributed by atoms with Gasteiger partial charge in [0.15, 0.2) is 0 Å². The molecule has 2 heteroatoms. The van der Waals surface area contributed by atoms with Gasteiger partial charge in [0, 0.05) is 19.1 Å². The molecular weight excluding hydrogens is 136 g/mol. The van der Waals surface area contributed by atoms with Crippen LogP contribution in [0.2, 0.25) is 0 Å². The van der Waals surface area contributed by atoms with E-state index in [9.17, 15) is 0 Å². The summed E-state index contributed by atoms with van der Waals surface area (Å²) in [6.45, 7) is 5.61. The molecule has 0 aromatic heterocycles. The Morgan fingerprint density at radius 3 is 2.64 bits per heavy atom. The van der Waals surface area contributed by atoms with E-state index in [-0.39, 0.29) is 0 Å². The molecular formula is C9H18N2. The van der Waals surface area contributed by atoms with Crippen LogP contribution >= 0.6 is 0 Å². The second-order valence-corrected chi connectivity index (χ2v) is 3.99. The summed E-state index contributed by atoms with van der Waals surface area (Å²) in [5, 5.41) is 0. The van der Waals surface area contributed by atoms with E-state index < -0.39 is 0 Å². The molecule has 0 spiro atoms. The first-order valence-electron chi connectivity index (χ1n) is 4.79. The Morgan fingerprint density at radius 1 is 1.45 bits per heavy atom. The Balaban J connectivity index is 1.99. The minimum atomic E-state index is 0.713. The molecule has 3 rings (SSSR count).